The quantitative estimate of drug-likeness (QED) is 0.661. The number of carboxylic acids is 1. The van der Waals surface area contributed by atoms with Crippen LogP contribution in [-0.4, -0.2) is 27.5 Å². The first kappa shape index (κ1) is 11.3. The molecule has 0 aromatic heterocycles. The second-order valence-corrected chi connectivity index (χ2v) is 3.96. The van der Waals surface area contributed by atoms with Crippen LogP contribution in [0.4, 0.5) is 0 Å². The van der Waals surface area contributed by atoms with E-state index in [0.29, 0.717) is 6.42 Å². The lowest BCUT2D eigenvalue weighted by Crippen LogP contribution is -2.27. The Labute approximate surface area is 75.5 Å². The summed E-state index contributed by atoms with van der Waals surface area (Å²) in [6.07, 6.45) is 0.498. The second-order valence-electron chi connectivity index (χ2n) is 2.42. The molecule has 0 aromatic carbocycles. The Morgan fingerprint density at radius 3 is 2.33 bits per heavy atom. The Balaban J connectivity index is 4.02. The molecule has 2 unspecified atom stereocenters. The van der Waals surface area contributed by atoms with E-state index in [1.807, 2.05) is 0 Å². The zero-order chi connectivity index (χ0) is 9.72. The van der Waals surface area contributed by atoms with E-state index in [4.69, 9.17) is 10.8 Å². The largest absolute Gasteiger partial charge is 0.480 e. The molecule has 0 rings (SSSR count). The SMILES string of the molecule is CCC(SC(C)C(N)=O)C(=O)O. The Morgan fingerprint density at radius 1 is 1.58 bits per heavy atom. The highest BCUT2D eigenvalue weighted by Crippen LogP contribution is 2.20. The standard InChI is InChI=1S/C7H13NO3S/c1-3-5(7(10)11)12-4(2)6(8)9/h4-5H,3H2,1-2H3,(H2,8,9)(H,10,11). The maximum Gasteiger partial charge on any atom is 0.316 e. The van der Waals surface area contributed by atoms with Crippen LogP contribution in [0.2, 0.25) is 0 Å². The lowest BCUT2D eigenvalue weighted by atomic mass is 10.3. The molecule has 0 fully saturated rings. The Bertz CT molecular complexity index is 183. The summed E-state index contributed by atoms with van der Waals surface area (Å²) in [7, 11) is 0. The molecule has 0 heterocycles. The van der Waals surface area contributed by atoms with Crippen molar-refractivity contribution in [2.45, 2.75) is 30.8 Å². The van der Waals surface area contributed by atoms with Crippen LogP contribution in [-0.2, 0) is 9.59 Å². The number of carbonyl (C=O) groups excluding carboxylic acids is 1. The molecule has 0 bridgehead atoms. The van der Waals surface area contributed by atoms with Gasteiger partial charge in [-0.25, -0.2) is 0 Å². The minimum atomic E-state index is -0.893. The van der Waals surface area contributed by atoms with Gasteiger partial charge in [0.15, 0.2) is 0 Å². The lowest BCUT2D eigenvalue weighted by Gasteiger charge is -2.12. The minimum Gasteiger partial charge on any atom is -0.480 e. The second kappa shape index (κ2) is 5.03. The monoisotopic (exact) mass is 191 g/mol. The predicted octanol–water partition coefficient (Wildman–Crippen LogP) is 0.457. The summed E-state index contributed by atoms with van der Waals surface area (Å²) in [5.74, 6) is -1.37. The molecule has 5 heteroatoms. The molecule has 0 aromatic rings. The number of amides is 1. The van der Waals surface area contributed by atoms with E-state index in [0.717, 1.165) is 11.8 Å². The van der Waals surface area contributed by atoms with Gasteiger partial charge in [-0.15, -0.1) is 11.8 Å². The van der Waals surface area contributed by atoms with Crippen molar-refractivity contribution < 1.29 is 14.7 Å². The number of nitrogens with two attached hydrogens (primary N) is 1. The highest BCUT2D eigenvalue weighted by atomic mass is 32.2. The van der Waals surface area contributed by atoms with Gasteiger partial charge in [-0.1, -0.05) is 6.92 Å². The molecule has 0 saturated heterocycles. The number of carboxylic acid groups (broad SMARTS) is 1. The van der Waals surface area contributed by atoms with Crippen molar-refractivity contribution in [1.29, 1.82) is 0 Å². The van der Waals surface area contributed by atoms with Gasteiger partial charge >= 0.3 is 5.97 Å². The molecule has 0 radical (unpaired) electrons. The molecular formula is C7H13NO3S. The van der Waals surface area contributed by atoms with Crippen LogP contribution >= 0.6 is 11.8 Å². The Hall–Kier alpha value is -0.710. The zero-order valence-electron chi connectivity index (χ0n) is 7.11. The molecule has 12 heavy (non-hydrogen) atoms. The first-order chi connectivity index (χ1) is 5.49. The third kappa shape index (κ3) is 3.61. The molecule has 70 valence electrons. The highest BCUT2D eigenvalue weighted by molar-refractivity contribution is 8.01. The zero-order valence-corrected chi connectivity index (χ0v) is 7.93. The van der Waals surface area contributed by atoms with Crippen molar-refractivity contribution in [3.63, 3.8) is 0 Å². The highest BCUT2D eigenvalue weighted by Gasteiger charge is 2.21. The number of thioether (sulfide) groups is 1. The van der Waals surface area contributed by atoms with E-state index in [-0.39, 0.29) is 0 Å². The van der Waals surface area contributed by atoms with Crippen molar-refractivity contribution >= 4 is 23.6 Å². The van der Waals surface area contributed by atoms with E-state index < -0.39 is 22.4 Å². The minimum absolute atomic E-state index is 0.439. The van der Waals surface area contributed by atoms with Crippen molar-refractivity contribution in [3.8, 4) is 0 Å². The maximum atomic E-state index is 10.6. The van der Waals surface area contributed by atoms with Crippen molar-refractivity contribution in [2.75, 3.05) is 0 Å². The Kier molecular flexibility index (Phi) is 4.73. The smallest absolute Gasteiger partial charge is 0.316 e. The number of hydrogen-bond acceptors (Lipinski definition) is 3. The van der Waals surface area contributed by atoms with Gasteiger partial charge in [-0.2, -0.15) is 0 Å². The van der Waals surface area contributed by atoms with Gasteiger partial charge in [0.05, 0.1) is 5.25 Å². The molecule has 0 saturated carbocycles. The van der Waals surface area contributed by atoms with Gasteiger partial charge in [-0.05, 0) is 13.3 Å². The van der Waals surface area contributed by atoms with E-state index in [9.17, 15) is 9.59 Å². The van der Waals surface area contributed by atoms with Gasteiger partial charge in [0.2, 0.25) is 5.91 Å². The van der Waals surface area contributed by atoms with Crippen LogP contribution < -0.4 is 5.73 Å². The molecular weight excluding hydrogens is 178 g/mol. The van der Waals surface area contributed by atoms with E-state index in [1.54, 1.807) is 13.8 Å². The van der Waals surface area contributed by atoms with Gasteiger partial charge in [0.25, 0.3) is 0 Å². The van der Waals surface area contributed by atoms with Crippen LogP contribution in [0.25, 0.3) is 0 Å². The maximum absolute atomic E-state index is 10.6. The van der Waals surface area contributed by atoms with Crippen LogP contribution in [0.3, 0.4) is 0 Å². The molecule has 0 aliphatic heterocycles. The molecule has 4 nitrogen and oxygen atoms in total. The normalized spacial score (nSPS) is 15.2. The average Bonchev–Trinajstić information content (AvgIpc) is 1.98. The molecule has 0 aliphatic rings. The van der Waals surface area contributed by atoms with E-state index in [2.05, 4.69) is 0 Å². The average molecular weight is 191 g/mol. The summed E-state index contributed by atoms with van der Waals surface area (Å²) < 4.78 is 0. The third-order valence-electron chi connectivity index (χ3n) is 1.42. The molecule has 0 spiro atoms. The van der Waals surface area contributed by atoms with Gasteiger partial charge in [0, 0.05) is 0 Å². The summed E-state index contributed by atoms with van der Waals surface area (Å²) in [6.45, 7) is 3.37. The van der Waals surface area contributed by atoms with E-state index in [1.165, 1.54) is 0 Å². The van der Waals surface area contributed by atoms with Gasteiger partial charge in [-0.3, -0.25) is 9.59 Å². The molecule has 2 atom stereocenters. The van der Waals surface area contributed by atoms with Crippen LogP contribution in [0.5, 0.6) is 0 Å². The van der Waals surface area contributed by atoms with Crippen LogP contribution in [0.15, 0.2) is 0 Å². The van der Waals surface area contributed by atoms with Crippen molar-refractivity contribution in [2.24, 2.45) is 5.73 Å². The molecule has 1 amide bonds. The number of carbonyl (C=O) groups is 2. The van der Waals surface area contributed by atoms with Crippen LogP contribution in [0, 0.1) is 0 Å². The topological polar surface area (TPSA) is 80.4 Å². The van der Waals surface area contributed by atoms with Crippen LogP contribution in [0.1, 0.15) is 20.3 Å². The molecule has 3 N–H and O–H groups in total. The summed E-state index contributed by atoms with van der Waals surface area (Å²) in [5, 5.41) is 7.66. The summed E-state index contributed by atoms with van der Waals surface area (Å²) in [6, 6.07) is 0. The number of aliphatic carboxylic acids is 1. The Morgan fingerprint density at radius 2 is 2.08 bits per heavy atom. The van der Waals surface area contributed by atoms with Gasteiger partial charge < -0.3 is 10.8 Å². The lowest BCUT2D eigenvalue weighted by molar-refractivity contribution is -0.136. The summed E-state index contributed by atoms with van der Waals surface area (Å²) in [4.78, 5) is 21.1. The first-order valence-corrected chi connectivity index (χ1v) is 4.60. The van der Waals surface area contributed by atoms with Crippen molar-refractivity contribution in [3.05, 3.63) is 0 Å². The predicted molar refractivity (Wildman–Crippen MR) is 48.0 cm³/mol. The number of hydrogen-bond donors (Lipinski definition) is 2. The summed E-state index contributed by atoms with van der Waals surface area (Å²) in [5.41, 5.74) is 4.99. The van der Waals surface area contributed by atoms with Gasteiger partial charge in [0.1, 0.15) is 5.25 Å². The number of primary amides is 1. The van der Waals surface area contributed by atoms with E-state index >= 15 is 0 Å². The molecule has 0 aliphatic carbocycles. The summed E-state index contributed by atoms with van der Waals surface area (Å²) >= 11 is 1.09. The third-order valence-corrected chi connectivity index (χ3v) is 2.92. The fraction of sp³-hybridized carbons (Fsp3) is 0.714. The fourth-order valence-electron chi connectivity index (χ4n) is 0.643. The van der Waals surface area contributed by atoms with Crippen molar-refractivity contribution in [1.82, 2.24) is 0 Å². The fourth-order valence-corrected chi connectivity index (χ4v) is 1.58. The first-order valence-electron chi connectivity index (χ1n) is 3.66. The number of rotatable bonds is 5.